The normalized spacial score (nSPS) is 17.6. The van der Waals surface area contributed by atoms with Crippen molar-refractivity contribution in [3.63, 3.8) is 0 Å². The number of piperidine rings is 1. The largest absolute Gasteiger partial charge is 0.314 e. The summed E-state index contributed by atoms with van der Waals surface area (Å²) in [5.74, 6) is 0.825. The van der Waals surface area contributed by atoms with Gasteiger partial charge in [0.15, 0.2) is 0 Å². The monoisotopic (exact) mass is 328 g/mol. The van der Waals surface area contributed by atoms with Gasteiger partial charge in [-0.1, -0.05) is 48.9 Å². The second kappa shape index (κ2) is 10.7. The average Bonchev–Trinajstić information content (AvgIpc) is 2.57. The van der Waals surface area contributed by atoms with E-state index >= 15 is 0 Å². The molecule has 0 aliphatic carbocycles. The molecule has 1 aromatic rings. The predicted octanol–water partition coefficient (Wildman–Crippen LogP) is 5.01. The highest BCUT2D eigenvalue weighted by Gasteiger charge is 2.18. The van der Waals surface area contributed by atoms with Crippen LogP contribution in [0.4, 0.5) is 0 Å². The molecule has 1 fully saturated rings. The van der Waals surface area contributed by atoms with Crippen molar-refractivity contribution in [1.82, 2.24) is 10.2 Å². The minimum Gasteiger partial charge on any atom is -0.314 e. The van der Waals surface area contributed by atoms with E-state index in [9.17, 15) is 0 Å². The Morgan fingerprint density at radius 3 is 2.54 bits per heavy atom. The minimum absolute atomic E-state index is 0.724. The number of hydrogen-bond acceptors (Lipinski definition) is 2. The lowest BCUT2D eigenvalue weighted by Crippen LogP contribution is -2.42. The van der Waals surface area contributed by atoms with Crippen molar-refractivity contribution in [2.45, 2.75) is 65.5 Å². The molecular formula is C22H36N2. The highest BCUT2D eigenvalue weighted by Crippen LogP contribution is 2.15. The van der Waals surface area contributed by atoms with E-state index in [1.54, 1.807) is 0 Å². The van der Waals surface area contributed by atoms with E-state index < -0.39 is 0 Å². The molecule has 1 aliphatic heterocycles. The molecule has 0 radical (unpaired) electrons. The van der Waals surface area contributed by atoms with Crippen LogP contribution in [0.25, 0.3) is 0 Å². The van der Waals surface area contributed by atoms with Gasteiger partial charge in [0.05, 0.1) is 0 Å². The Kier molecular flexibility index (Phi) is 8.55. The Bertz CT molecular complexity index is 468. The van der Waals surface area contributed by atoms with Crippen LogP contribution in [-0.2, 0) is 6.54 Å². The fourth-order valence-corrected chi connectivity index (χ4v) is 3.47. The Labute approximate surface area is 149 Å². The zero-order chi connectivity index (χ0) is 17.2. The maximum absolute atomic E-state index is 3.79. The molecule has 1 heterocycles. The van der Waals surface area contributed by atoms with Crippen molar-refractivity contribution in [3.05, 3.63) is 47.5 Å². The van der Waals surface area contributed by atoms with Crippen molar-refractivity contribution in [2.24, 2.45) is 5.92 Å². The fraction of sp³-hybridized carbons (Fsp3) is 0.636. The number of likely N-dealkylation sites (tertiary alicyclic amines) is 1. The van der Waals surface area contributed by atoms with Gasteiger partial charge in [-0.25, -0.2) is 0 Å². The average molecular weight is 329 g/mol. The first-order valence-corrected chi connectivity index (χ1v) is 9.76. The molecule has 134 valence electrons. The number of nitrogens with one attached hydrogen (secondary N) is 1. The van der Waals surface area contributed by atoms with Crippen molar-refractivity contribution in [1.29, 1.82) is 0 Å². The maximum atomic E-state index is 3.79. The summed E-state index contributed by atoms with van der Waals surface area (Å²) < 4.78 is 0. The van der Waals surface area contributed by atoms with Gasteiger partial charge in [0, 0.05) is 12.6 Å². The van der Waals surface area contributed by atoms with Crippen molar-refractivity contribution in [3.8, 4) is 0 Å². The van der Waals surface area contributed by atoms with E-state index in [0.717, 1.165) is 18.5 Å². The number of allylic oxidation sites excluding steroid dienone is 2. The lowest BCUT2D eigenvalue weighted by molar-refractivity contribution is 0.189. The third-order valence-corrected chi connectivity index (χ3v) is 5.12. The lowest BCUT2D eigenvalue weighted by Gasteiger charge is -2.32. The molecule has 24 heavy (non-hydrogen) atoms. The third kappa shape index (κ3) is 7.63. The van der Waals surface area contributed by atoms with E-state index in [1.807, 2.05) is 0 Å². The summed E-state index contributed by atoms with van der Waals surface area (Å²) in [6.07, 6.45) is 8.81. The zero-order valence-electron chi connectivity index (χ0n) is 15.9. The van der Waals surface area contributed by atoms with Gasteiger partial charge < -0.3 is 5.32 Å². The second-order valence-electron chi connectivity index (χ2n) is 7.74. The Morgan fingerprint density at radius 1 is 1.17 bits per heavy atom. The molecule has 1 aliphatic rings. The summed E-state index contributed by atoms with van der Waals surface area (Å²) in [7, 11) is 0. The standard InChI is InChI=1S/C22H36N2/c1-19(2)8-7-9-20(3)12-15-23-22-13-16-24(17-14-22)18-21-10-5-4-6-11-21/h4-6,8,10-11,20,22-23H,7,9,12-18H2,1-3H3/t20-/m1/s1. The summed E-state index contributed by atoms with van der Waals surface area (Å²) in [5, 5.41) is 3.79. The smallest absolute Gasteiger partial charge is 0.0233 e. The van der Waals surface area contributed by atoms with Crippen LogP contribution < -0.4 is 5.32 Å². The minimum atomic E-state index is 0.724. The Balaban J connectivity index is 1.55. The third-order valence-electron chi connectivity index (χ3n) is 5.12. The summed E-state index contributed by atoms with van der Waals surface area (Å²) in [5.41, 5.74) is 2.89. The highest BCUT2D eigenvalue weighted by molar-refractivity contribution is 5.14. The Morgan fingerprint density at radius 2 is 1.88 bits per heavy atom. The van der Waals surface area contributed by atoms with E-state index in [-0.39, 0.29) is 0 Å². The van der Waals surface area contributed by atoms with Crippen LogP contribution >= 0.6 is 0 Å². The fourth-order valence-electron chi connectivity index (χ4n) is 3.47. The zero-order valence-corrected chi connectivity index (χ0v) is 15.9. The van der Waals surface area contributed by atoms with Gasteiger partial charge in [-0.2, -0.15) is 0 Å². The summed E-state index contributed by atoms with van der Waals surface area (Å²) in [6, 6.07) is 11.6. The lowest BCUT2D eigenvalue weighted by atomic mass is 9.99. The van der Waals surface area contributed by atoms with Gasteiger partial charge in [-0.3, -0.25) is 4.90 Å². The molecule has 2 heteroatoms. The molecular weight excluding hydrogens is 292 g/mol. The van der Waals surface area contributed by atoms with Crippen LogP contribution in [-0.4, -0.2) is 30.6 Å². The molecule has 2 rings (SSSR count). The Hall–Kier alpha value is -1.12. The summed E-state index contributed by atoms with van der Waals surface area (Å²) in [4.78, 5) is 2.59. The number of nitrogens with zero attached hydrogens (tertiary/aromatic N) is 1. The first-order chi connectivity index (χ1) is 11.6. The predicted molar refractivity (Wildman–Crippen MR) is 105 cm³/mol. The molecule has 0 amide bonds. The van der Waals surface area contributed by atoms with Gasteiger partial charge in [-0.05, 0) is 77.1 Å². The van der Waals surface area contributed by atoms with Crippen LogP contribution in [0.5, 0.6) is 0 Å². The van der Waals surface area contributed by atoms with E-state index in [0.29, 0.717) is 0 Å². The van der Waals surface area contributed by atoms with Gasteiger partial charge in [0.1, 0.15) is 0 Å². The van der Waals surface area contributed by atoms with Crippen molar-refractivity contribution in [2.75, 3.05) is 19.6 Å². The van der Waals surface area contributed by atoms with Gasteiger partial charge in [0.2, 0.25) is 0 Å². The number of hydrogen-bond donors (Lipinski definition) is 1. The van der Waals surface area contributed by atoms with Crippen LogP contribution in [0.2, 0.25) is 0 Å². The molecule has 1 aromatic carbocycles. The molecule has 1 saturated heterocycles. The second-order valence-corrected chi connectivity index (χ2v) is 7.74. The topological polar surface area (TPSA) is 15.3 Å². The van der Waals surface area contributed by atoms with Crippen molar-refractivity contribution >= 4 is 0 Å². The van der Waals surface area contributed by atoms with Gasteiger partial charge in [-0.15, -0.1) is 0 Å². The van der Waals surface area contributed by atoms with E-state index in [2.05, 4.69) is 67.4 Å². The highest BCUT2D eigenvalue weighted by atomic mass is 15.1. The number of benzene rings is 1. The SMILES string of the molecule is CC(C)=CCC[C@@H](C)CCNC1CCN(Cc2ccccc2)CC1. The molecule has 1 N–H and O–H groups in total. The molecule has 0 spiro atoms. The van der Waals surface area contributed by atoms with Gasteiger partial charge in [0.25, 0.3) is 0 Å². The quantitative estimate of drug-likeness (QED) is 0.641. The maximum Gasteiger partial charge on any atom is 0.0233 e. The molecule has 0 bridgehead atoms. The van der Waals surface area contributed by atoms with E-state index in [4.69, 9.17) is 0 Å². The summed E-state index contributed by atoms with van der Waals surface area (Å²) in [6.45, 7) is 11.5. The van der Waals surface area contributed by atoms with Crippen molar-refractivity contribution < 1.29 is 0 Å². The van der Waals surface area contributed by atoms with Crippen LogP contribution in [0.15, 0.2) is 42.0 Å². The summed E-state index contributed by atoms with van der Waals surface area (Å²) >= 11 is 0. The van der Waals surface area contributed by atoms with Crippen LogP contribution in [0, 0.1) is 5.92 Å². The first-order valence-electron chi connectivity index (χ1n) is 9.76. The molecule has 1 atom stereocenters. The van der Waals surface area contributed by atoms with Crippen LogP contribution in [0.1, 0.15) is 58.4 Å². The first kappa shape index (κ1) is 19.2. The molecule has 0 aromatic heterocycles. The van der Waals surface area contributed by atoms with Gasteiger partial charge >= 0.3 is 0 Å². The molecule has 2 nitrogen and oxygen atoms in total. The molecule has 0 unspecified atom stereocenters. The molecule has 0 saturated carbocycles. The van der Waals surface area contributed by atoms with E-state index in [1.165, 1.54) is 62.9 Å². The van der Waals surface area contributed by atoms with Crippen LogP contribution in [0.3, 0.4) is 0 Å². The number of rotatable bonds is 9.